The van der Waals surface area contributed by atoms with E-state index in [0.717, 1.165) is 0 Å². The average molecular weight is 250 g/mol. The summed E-state index contributed by atoms with van der Waals surface area (Å²) in [6, 6.07) is 15.1. The van der Waals surface area contributed by atoms with E-state index in [1.165, 1.54) is 39.0 Å². The van der Waals surface area contributed by atoms with E-state index in [0.29, 0.717) is 0 Å². The predicted octanol–water partition coefficient (Wildman–Crippen LogP) is 5.56. The van der Waals surface area contributed by atoms with Gasteiger partial charge in [0.2, 0.25) is 0 Å². The molecule has 0 N–H and O–H groups in total. The molecule has 0 unspecified atom stereocenters. The molecule has 0 aromatic heterocycles. The smallest absolute Gasteiger partial charge is 0.0192 e. The van der Waals surface area contributed by atoms with Gasteiger partial charge in [0.25, 0.3) is 0 Å². The van der Waals surface area contributed by atoms with E-state index in [2.05, 4.69) is 77.1 Å². The molecule has 0 amide bonds. The number of allylic oxidation sites excluding steroid dienone is 2. The first-order valence-electron chi connectivity index (χ1n) is 6.82. The van der Waals surface area contributed by atoms with E-state index in [1.54, 1.807) is 0 Å². The maximum absolute atomic E-state index is 2.25. The van der Waals surface area contributed by atoms with Crippen LogP contribution in [-0.4, -0.2) is 0 Å². The molecule has 0 saturated heterocycles. The Labute approximate surface area is 116 Å². The van der Waals surface area contributed by atoms with Gasteiger partial charge in [0.1, 0.15) is 0 Å². The summed E-state index contributed by atoms with van der Waals surface area (Å²) in [7, 11) is 0. The SMILES string of the molecule is CC(=C(C)c1ccc(C)c(C)c1C)c1ccccc1. The summed E-state index contributed by atoms with van der Waals surface area (Å²) in [5, 5.41) is 0. The lowest BCUT2D eigenvalue weighted by Gasteiger charge is -2.14. The van der Waals surface area contributed by atoms with Crippen molar-refractivity contribution < 1.29 is 0 Å². The lowest BCUT2D eigenvalue weighted by Crippen LogP contribution is -1.94. The molecule has 0 saturated carbocycles. The van der Waals surface area contributed by atoms with Crippen molar-refractivity contribution in [1.29, 1.82) is 0 Å². The number of hydrogen-bond donors (Lipinski definition) is 0. The molecule has 2 rings (SSSR count). The van der Waals surface area contributed by atoms with Crippen molar-refractivity contribution in [3.63, 3.8) is 0 Å². The van der Waals surface area contributed by atoms with E-state index in [1.807, 2.05) is 0 Å². The van der Waals surface area contributed by atoms with E-state index < -0.39 is 0 Å². The topological polar surface area (TPSA) is 0 Å². The van der Waals surface area contributed by atoms with Crippen LogP contribution in [0.1, 0.15) is 41.7 Å². The Morgan fingerprint density at radius 3 is 1.95 bits per heavy atom. The molecule has 0 aliphatic rings. The minimum Gasteiger partial charge on any atom is -0.0622 e. The zero-order valence-electron chi connectivity index (χ0n) is 12.5. The normalized spacial score (nSPS) is 12.3. The van der Waals surface area contributed by atoms with Crippen LogP contribution in [0, 0.1) is 20.8 Å². The lowest BCUT2D eigenvalue weighted by molar-refractivity contribution is 1.25. The molecule has 0 atom stereocenters. The Morgan fingerprint density at radius 2 is 1.32 bits per heavy atom. The highest BCUT2D eigenvalue weighted by molar-refractivity contribution is 5.90. The summed E-state index contributed by atoms with van der Waals surface area (Å²) in [5.41, 5.74) is 9.55. The van der Waals surface area contributed by atoms with Crippen molar-refractivity contribution in [3.05, 3.63) is 70.3 Å². The molecule has 0 spiro atoms. The van der Waals surface area contributed by atoms with Gasteiger partial charge in [-0.05, 0) is 73.6 Å². The van der Waals surface area contributed by atoms with Crippen molar-refractivity contribution in [2.75, 3.05) is 0 Å². The first-order valence-corrected chi connectivity index (χ1v) is 6.82. The first-order chi connectivity index (χ1) is 9.02. The summed E-state index contributed by atoms with van der Waals surface area (Å²) >= 11 is 0. The Kier molecular flexibility index (Phi) is 3.90. The third kappa shape index (κ3) is 2.63. The third-order valence-corrected chi connectivity index (χ3v) is 4.23. The van der Waals surface area contributed by atoms with Crippen molar-refractivity contribution in [3.8, 4) is 0 Å². The Bertz CT molecular complexity index is 616. The highest BCUT2D eigenvalue weighted by Gasteiger charge is 2.08. The minimum atomic E-state index is 1.30. The van der Waals surface area contributed by atoms with E-state index in [4.69, 9.17) is 0 Å². The first kappa shape index (κ1) is 13.6. The summed E-state index contributed by atoms with van der Waals surface area (Å²) in [5.74, 6) is 0. The third-order valence-electron chi connectivity index (χ3n) is 4.23. The lowest BCUT2D eigenvalue weighted by atomic mass is 9.91. The second-order valence-electron chi connectivity index (χ2n) is 5.30. The molecular formula is C19H22. The van der Waals surface area contributed by atoms with Crippen LogP contribution in [0.2, 0.25) is 0 Å². The average Bonchev–Trinajstić information content (AvgIpc) is 2.44. The second kappa shape index (κ2) is 5.44. The quantitative estimate of drug-likeness (QED) is 0.612. The Morgan fingerprint density at radius 1 is 0.684 bits per heavy atom. The van der Waals surface area contributed by atoms with Crippen molar-refractivity contribution in [2.24, 2.45) is 0 Å². The molecule has 2 aromatic rings. The van der Waals surface area contributed by atoms with Gasteiger partial charge in [-0.25, -0.2) is 0 Å². The summed E-state index contributed by atoms with van der Waals surface area (Å²) in [6.07, 6.45) is 0. The minimum absolute atomic E-state index is 1.30. The highest BCUT2D eigenvalue weighted by atomic mass is 14.1. The summed E-state index contributed by atoms with van der Waals surface area (Å²) in [4.78, 5) is 0. The molecule has 0 bridgehead atoms. The van der Waals surface area contributed by atoms with Crippen LogP contribution < -0.4 is 0 Å². The largest absolute Gasteiger partial charge is 0.0622 e. The fourth-order valence-electron chi connectivity index (χ4n) is 2.47. The molecule has 98 valence electrons. The molecule has 0 aliphatic carbocycles. The van der Waals surface area contributed by atoms with Crippen LogP contribution in [-0.2, 0) is 0 Å². The van der Waals surface area contributed by atoms with E-state index in [-0.39, 0.29) is 0 Å². The van der Waals surface area contributed by atoms with Gasteiger partial charge in [0.15, 0.2) is 0 Å². The van der Waals surface area contributed by atoms with Crippen LogP contribution in [0.15, 0.2) is 42.5 Å². The zero-order chi connectivity index (χ0) is 14.0. The molecule has 0 heterocycles. The van der Waals surface area contributed by atoms with Gasteiger partial charge < -0.3 is 0 Å². The molecule has 0 fully saturated rings. The van der Waals surface area contributed by atoms with Crippen molar-refractivity contribution in [1.82, 2.24) is 0 Å². The summed E-state index contributed by atoms with van der Waals surface area (Å²) < 4.78 is 0. The van der Waals surface area contributed by atoms with Gasteiger partial charge in [-0.3, -0.25) is 0 Å². The maximum Gasteiger partial charge on any atom is -0.0192 e. The van der Waals surface area contributed by atoms with E-state index >= 15 is 0 Å². The van der Waals surface area contributed by atoms with Crippen LogP contribution in [0.25, 0.3) is 11.1 Å². The number of rotatable bonds is 2. The molecule has 0 aliphatic heterocycles. The fourth-order valence-corrected chi connectivity index (χ4v) is 2.47. The monoisotopic (exact) mass is 250 g/mol. The number of hydrogen-bond acceptors (Lipinski definition) is 0. The van der Waals surface area contributed by atoms with Crippen LogP contribution in [0.5, 0.6) is 0 Å². The molecule has 0 heteroatoms. The van der Waals surface area contributed by atoms with Crippen molar-refractivity contribution in [2.45, 2.75) is 34.6 Å². The molecule has 0 nitrogen and oxygen atoms in total. The zero-order valence-corrected chi connectivity index (χ0v) is 12.5. The molecule has 0 radical (unpaired) electrons. The number of aryl methyl sites for hydroxylation is 1. The Hall–Kier alpha value is -1.82. The Balaban J connectivity index is 2.56. The standard InChI is InChI=1S/C19H22/c1-13-11-12-19(16(4)14(13)2)17(5)15(3)18-9-7-6-8-10-18/h6-12H,1-5H3. The molecule has 19 heavy (non-hydrogen) atoms. The van der Waals surface area contributed by atoms with Gasteiger partial charge in [0, 0.05) is 0 Å². The fraction of sp³-hybridized carbons (Fsp3) is 0.263. The van der Waals surface area contributed by atoms with Gasteiger partial charge in [-0.2, -0.15) is 0 Å². The van der Waals surface area contributed by atoms with Gasteiger partial charge in [-0.1, -0.05) is 42.5 Å². The molecular weight excluding hydrogens is 228 g/mol. The van der Waals surface area contributed by atoms with Gasteiger partial charge >= 0.3 is 0 Å². The van der Waals surface area contributed by atoms with Crippen molar-refractivity contribution >= 4 is 11.1 Å². The predicted molar refractivity (Wildman–Crippen MR) is 85.3 cm³/mol. The summed E-state index contributed by atoms with van der Waals surface area (Å²) in [6.45, 7) is 11.0. The van der Waals surface area contributed by atoms with Crippen LogP contribution in [0.3, 0.4) is 0 Å². The maximum atomic E-state index is 2.25. The van der Waals surface area contributed by atoms with Gasteiger partial charge in [-0.15, -0.1) is 0 Å². The number of benzene rings is 2. The van der Waals surface area contributed by atoms with E-state index in [9.17, 15) is 0 Å². The van der Waals surface area contributed by atoms with Gasteiger partial charge in [0.05, 0.1) is 0 Å². The van der Waals surface area contributed by atoms with Crippen LogP contribution >= 0.6 is 0 Å². The second-order valence-corrected chi connectivity index (χ2v) is 5.30. The highest BCUT2D eigenvalue weighted by Crippen LogP contribution is 2.29. The molecule has 2 aromatic carbocycles. The van der Waals surface area contributed by atoms with Crippen LogP contribution in [0.4, 0.5) is 0 Å².